The van der Waals surface area contributed by atoms with E-state index in [2.05, 4.69) is 20.5 Å². The molecular weight excluding hydrogens is 376 g/mol. The van der Waals surface area contributed by atoms with Crippen LogP contribution in [0.4, 0.5) is 0 Å². The van der Waals surface area contributed by atoms with Gasteiger partial charge in [0.1, 0.15) is 0 Å². The molecule has 0 fully saturated rings. The van der Waals surface area contributed by atoms with Gasteiger partial charge >= 0.3 is 0 Å². The Labute approximate surface area is 143 Å². The molecule has 3 aromatic rings. The van der Waals surface area contributed by atoms with Gasteiger partial charge in [0.05, 0.1) is 10.6 Å². The largest absolute Gasteiger partial charge is 0.314 e. The zero-order chi connectivity index (χ0) is 16.6. The average molecular weight is 391 g/mol. The summed E-state index contributed by atoms with van der Waals surface area (Å²) in [6.45, 7) is 2.01. The van der Waals surface area contributed by atoms with Crippen molar-refractivity contribution in [3.8, 4) is 16.9 Å². The van der Waals surface area contributed by atoms with Crippen LogP contribution in [0.15, 0.2) is 70.0 Å². The summed E-state index contributed by atoms with van der Waals surface area (Å²) in [5.41, 5.74) is 4.07. The number of aromatic nitrogens is 1. The quantitative estimate of drug-likeness (QED) is 0.737. The maximum Gasteiger partial charge on any atom is 0.238 e. The number of aryl methyl sites for hydroxylation is 1. The highest BCUT2D eigenvalue weighted by Crippen LogP contribution is 2.28. The fourth-order valence-electron chi connectivity index (χ4n) is 2.51. The molecule has 0 aliphatic heterocycles. The molecule has 3 rings (SSSR count). The SMILES string of the molecule is Cc1ccc(-c2ccc(Br)cc2)n1-c1ccc(S(N)(=O)=O)cc1. The van der Waals surface area contributed by atoms with Crippen LogP contribution >= 0.6 is 15.9 Å². The number of nitrogens with two attached hydrogens (primary N) is 1. The topological polar surface area (TPSA) is 65.1 Å². The second-order valence-electron chi connectivity index (χ2n) is 5.24. The smallest absolute Gasteiger partial charge is 0.238 e. The van der Waals surface area contributed by atoms with Gasteiger partial charge in [0, 0.05) is 15.9 Å². The lowest BCUT2D eigenvalue weighted by Crippen LogP contribution is -2.12. The van der Waals surface area contributed by atoms with E-state index in [1.807, 2.05) is 43.3 Å². The van der Waals surface area contributed by atoms with Crippen molar-refractivity contribution in [3.05, 3.63) is 70.8 Å². The van der Waals surface area contributed by atoms with Crippen LogP contribution in [0.1, 0.15) is 5.69 Å². The lowest BCUT2D eigenvalue weighted by Gasteiger charge is -2.13. The fourth-order valence-corrected chi connectivity index (χ4v) is 3.29. The van der Waals surface area contributed by atoms with Gasteiger partial charge in [0.25, 0.3) is 0 Å². The first kappa shape index (κ1) is 16.0. The summed E-state index contributed by atoms with van der Waals surface area (Å²) < 4.78 is 25.9. The van der Waals surface area contributed by atoms with Gasteiger partial charge in [-0.15, -0.1) is 0 Å². The van der Waals surface area contributed by atoms with E-state index in [1.165, 1.54) is 12.1 Å². The first-order valence-corrected chi connectivity index (χ1v) is 9.28. The van der Waals surface area contributed by atoms with Crippen LogP contribution in [-0.2, 0) is 10.0 Å². The van der Waals surface area contributed by atoms with Crippen molar-refractivity contribution in [3.63, 3.8) is 0 Å². The Morgan fingerprint density at radius 1 is 0.913 bits per heavy atom. The Bertz CT molecular complexity index is 943. The number of hydrogen-bond donors (Lipinski definition) is 1. The van der Waals surface area contributed by atoms with Crippen molar-refractivity contribution >= 4 is 26.0 Å². The molecule has 0 saturated carbocycles. The molecule has 2 aromatic carbocycles. The number of primary sulfonamides is 1. The van der Waals surface area contributed by atoms with Crippen molar-refractivity contribution in [1.29, 1.82) is 0 Å². The highest BCUT2D eigenvalue weighted by atomic mass is 79.9. The predicted octanol–water partition coefficient (Wildman–Crippen LogP) is 3.86. The molecule has 2 N–H and O–H groups in total. The van der Waals surface area contributed by atoms with Gasteiger partial charge in [0.2, 0.25) is 10.0 Å². The zero-order valence-electron chi connectivity index (χ0n) is 12.4. The van der Waals surface area contributed by atoms with Gasteiger partial charge in [-0.3, -0.25) is 0 Å². The van der Waals surface area contributed by atoms with E-state index in [4.69, 9.17) is 5.14 Å². The highest BCUT2D eigenvalue weighted by Gasteiger charge is 2.11. The van der Waals surface area contributed by atoms with Crippen molar-refractivity contribution in [2.45, 2.75) is 11.8 Å². The summed E-state index contributed by atoms with van der Waals surface area (Å²) in [7, 11) is -3.68. The summed E-state index contributed by atoms with van der Waals surface area (Å²) in [5.74, 6) is 0. The minimum Gasteiger partial charge on any atom is -0.314 e. The molecule has 0 unspecified atom stereocenters. The third kappa shape index (κ3) is 3.24. The lowest BCUT2D eigenvalue weighted by atomic mass is 10.1. The summed E-state index contributed by atoms with van der Waals surface area (Å²) in [4.78, 5) is 0.108. The van der Waals surface area contributed by atoms with Crippen molar-refractivity contribution < 1.29 is 8.42 Å². The van der Waals surface area contributed by atoms with Gasteiger partial charge in [0.15, 0.2) is 0 Å². The summed E-state index contributed by atoms with van der Waals surface area (Å²) in [5, 5.41) is 5.15. The van der Waals surface area contributed by atoms with Gasteiger partial charge in [-0.05, 0) is 61.0 Å². The second kappa shape index (κ2) is 5.96. The van der Waals surface area contributed by atoms with Crippen LogP contribution in [0.2, 0.25) is 0 Å². The Morgan fingerprint density at radius 3 is 2.09 bits per heavy atom. The number of nitrogens with zero attached hydrogens (tertiary/aromatic N) is 1. The molecule has 0 amide bonds. The third-order valence-corrected chi connectivity index (χ3v) is 5.10. The molecule has 0 aliphatic rings. The Balaban J connectivity index is 2.10. The van der Waals surface area contributed by atoms with Gasteiger partial charge < -0.3 is 4.57 Å². The Kier molecular flexibility index (Phi) is 4.14. The van der Waals surface area contributed by atoms with Crippen LogP contribution in [0, 0.1) is 6.92 Å². The van der Waals surface area contributed by atoms with Crippen LogP contribution < -0.4 is 5.14 Å². The normalized spacial score (nSPS) is 11.6. The monoisotopic (exact) mass is 390 g/mol. The van der Waals surface area contributed by atoms with E-state index < -0.39 is 10.0 Å². The maximum atomic E-state index is 11.4. The average Bonchev–Trinajstić information content (AvgIpc) is 2.89. The summed E-state index contributed by atoms with van der Waals surface area (Å²) in [6.07, 6.45) is 0. The zero-order valence-corrected chi connectivity index (χ0v) is 14.8. The molecular formula is C17H15BrN2O2S. The van der Waals surface area contributed by atoms with Crippen LogP contribution in [0.5, 0.6) is 0 Å². The van der Waals surface area contributed by atoms with Crippen LogP contribution in [0.3, 0.4) is 0 Å². The lowest BCUT2D eigenvalue weighted by molar-refractivity contribution is 0.598. The van der Waals surface area contributed by atoms with E-state index in [1.54, 1.807) is 12.1 Å². The van der Waals surface area contributed by atoms with Gasteiger partial charge in [-0.1, -0.05) is 28.1 Å². The van der Waals surface area contributed by atoms with E-state index >= 15 is 0 Å². The molecule has 118 valence electrons. The number of sulfonamides is 1. The first-order chi connectivity index (χ1) is 10.9. The Morgan fingerprint density at radius 2 is 1.52 bits per heavy atom. The molecule has 4 nitrogen and oxygen atoms in total. The molecule has 0 spiro atoms. The van der Waals surface area contributed by atoms with Crippen LogP contribution in [0.25, 0.3) is 16.9 Å². The van der Waals surface area contributed by atoms with E-state index in [-0.39, 0.29) is 4.90 Å². The standard InChI is InChI=1S/C17H15BrN2O2S/c1-12-2-11-17(13-3-5-14(18)6-4-13)20(12)15-7-9-16(10-8-15)23(19,21)22/h2-11H,1H3,(H2,19,21,22). The number of rotatable bonds is 3. The van der Waals surface area contributed by atoms with E-state index in [9.17, 15) is 8.42 Å². The summed E-state index contributed by atoms with van der Waals surface area (Å²) in [6, 6.07) is 18.7. The molecule has 0 saturated heterocycles. The Hall–Kier alpha value is -1.89. The number of hydrogen-bond acceptors (Lipinski definition) is 2. The van der Waals surface area contributed by atoms with Crippen molar-refractivity contribution in [2.24, 2.45) is 5.14 Å². The molecule has 0 atom stereocenters. The molecule has 1 aromatic heterocycles. The van der Waals surface area contributed by atoms with Gasteiger partial charge in [-0.2, -0.15) is 0 Å². The molecule has 0 bridgehead atoms. The van der Waals surface area contributed by atoms with Crippen LogP contribution in [-0.4, -0.2) is 13.0 Å². The number of benzene rings is 2. The summed E-state index contributed by atoms with van der Waals surface area (Å²) >= 11 is 3.44. The molecule has 0 radical (unpaired) electrons. The fraction of sp³-hybridized carbons (Fsp3) is 0.0588. The minimum atomic E-state index is -3.68. The van der Waals surface area contributed by atoms with Gasteiger partial charge in [-0.25, -0.2) is 13.6 Å². The molecule has 6 heteroatoms. The third-order valence-electron chi connectivity index (χ3n) is 3.64. The van der Waals surface area contributed by atoms with Crippen molar-refractivity contribution in [1.82, 2.24) is 4.57 Å². The first-order valence-electron chi connectivity index (χ1n) is 6.94. The second-order valence-corrected chi connectivity index (χ2v) is 7.72. The van der Waals surface area contributed by atoms with Crippen molar-refractivity contribution in [2.75, 3.05) is 0 Å². The molecule has 1 heterocycles. The van der Waals surface area contributed by atoms with E-state index in [0.717, 1.165) is 27.1 Å². The molecule has 23 heavy (non-hydrogen) atoms. The number of halogens is 1. The highest BCUT2D eigenvalue weighted by molar-refractivity contribution is 9.10. The molecule has 0 aliphatic carbocycles. The maximum absolute atomic E-state index is 11.4. The minimum absolute atomic E-state index is 0.108. The van der Waals surface area contributed by atoms with E-state index in [0.29, 0.717) is 0 Å². The predicted molar refractivity (Wildman–Crippen MR) is 95.0 cm³/mol.